The van der Waals surface area contributed by atoms with Crippen molar-refractivity contribution in [1.29, 1.82) is 0 Å². The maximum Gasteiger partial charge on any atom is 0.328 e. The first-order valence-electron chi connectivity index (χ1n) is 6.23. The number of carbonyl (C=O) groups is 2. The van der Waals surface area contributed by atoms with E-state index in [0.29, 0.717) is 11.4 Å². The third kappa shape index (κ3) is 3.70. The van der Waals surface area contributed by atoms with Gasteiger partial charge in [-0.3, -0.25) is 4.79 Å². The molecule has 5 heteroatoms. The van der Waals surface area contributed by atoms with Crippen molar-refractivity contribution in [2.24, 2.45) is 5.92 Å². The lowest BCUT2D eigenvalue weighted by molar-refractivity contribution is -0.145. The quantitative estimate of drug-likeness (QED) is 0.840. The van der Waals surface area contributed by atoms with E-state index in [1.165, 1.54) is 7.11 Å². The molecule has 0 saturated heterocycles. The molecule has 1 saturated carbocycles. The molecular formula is C14H16ClNO3. The summed E-state index contributed by atoms with van der Waals surface area (Å²) in [6.07, 6.45) is 2.13. The topological polar surface area (TPSA) is 55.4 Å². The van der Waals surface area contributed by atoms with Crippen LogP contribution in [0.15, 0.2) is 24.3 Å². The summed E-state index contributed by atoms with van der Waals surface area (Å²) in [4.78, 5) is 23.5. The Morgan fingerprint density at radius 3 is 2.68 bits per heavy atom. The summed E-state index contributed by atoms with van der Waals surface area (Å²) < 4.78 is 4.73. The number of esters is 1. The lowest BCUT2D eigenvalue weighted by atomic mass is 10.1. The second-order valence-corrected chi connectivity index (χ2v) is 5.06. The molecule has 1 atom stereocenters. The first-order valence-corrected chi connectivity index (χ1v) is 6.61. The molecule has 0 unspecified atom stereocenters. The van der Waals surface area contributed by atoms with Crippen molar-refractivity contribution in [2.75, 3.05) is 7.11 Å². The number of benzene rings is 1. The first kappa shape index (κ1) is 13.9. The Kier molecular flexibility index (Phi) is 4.43. The number of amides is 1. The molecule has 0 aromatic heterocycles. The standard InChI is InChI=1S/C14H16ClNO3/c1-19-14(18)12(16-13(17)9-6-7-9)8-10-4-2-3-5-11(10)15/h2-5,9,12H,6-8H2,1H3,(H,16,17)/t12-/m0/s1. The molecule has 1 aromatic rings. The van der Waals surface area contributed by atoms with Crippen LogP contribution < -0.4 is 5.32 Å². The molecule has 1 aliphatic carbocycles. The molecule has 1 fully saturated rings. The zero-order chi connectivity index (χ0) is 13.8. The maximum absolute atomic E-state index is 11.8. The van der Waals surface area contributed by atoms with E-state index in [9.17, 15) is 9.59 Å². The van der Waals surface area contributed by atoms with E-state index in [-0.39, 0.29) is 11.8 Å². The van der Waals surface area contributed by atoms with E-state index in [1.807, 2.05) is 18.2 Å². The van der Waals surface area contributed by atoms with Gasteiger partial charge in [-0.25, -0.2) is 4.79 Å². The van der Waals surface area contributed by atoms with Crippen LogP contribution in [0.25, 0.3) is 0 Å². The molecule has 1 aliphatic rings. The van der Waals surface area contributed by atoms with Gasteiger partial charge in [0, 0.05) is 17.4 Å². The summed E-state index contributed by atoms with van der Waals surface area (Å²) in [6, 6.07) is 6.58. The molecule has 19 heavy (non-hydrogen) atoms. The molecule has 4 nitrogen and oxygen atoms in total. The van der Waals surface area contributed by atoms with Crippen molar-refractivity contribution in [3.63, 3.8) is 0 Å². The SMILES string of the molecule is COC(=O)[C@H](Cc1ccccc1Cl)NC(=O)C1CC1. The number of methoxy groups -OCH3 is 1. The number of halogens is 1. The monoisotopic (exact) mass is 281 g/mol. The van der Waals surface area contributed by atoms with Gasteiger partial charge in [-0.05, 0) is 24.5 Å². The highest BCUT2D eigenvalue weighted by molar-refractivity contribution is 6.31. The summed E-state index contributed by atoms with van der Waals surface area (Å²) in [5.74, 6) is -0.477. The number of ether oxygens (including phenoxy) is 1. The fourth-order valence-corrected chi connectivity index (χ4v) is 2.07. The van der Waals surface area contributed by atoms with E-state index < -0.39 is 12.0 Å². The summed E-state index contributed by atoms with van der Waals surface area (Å²) in [5.41, 5.74) is 0.815. The minimum Gasteiger partial charge on any atom is -0.467 e. The Morgan fingerprint density at radius 1 is 1.42 bits per heavy atom. The highest BCUT2D eigenvalue weighted by Crippen LogP contribution is 2.29. The van der Waals surface area contributed by atoms with Crippen LogP contribution in [0.1, 0.15) is 18.4 Å². The lowest BCUT2D eigenvalue weighted by Crippen LogP contribution is -2.43. The zero-order valence-corrected chi connectivity index (χ0v) is 11.4. The Bertz CT molecular complexity index is 485. The first-order chi connectivity index (χ1) is 9.11. The maximum atomic E-state index is 11.8. The molecule has 0 bridgehead atoms. The van der Waals surface area contributed by atoms with Crippen LogP contribution in [-0.2, 0) is 20.7 Å². The van der Waals surface area contributed by atoms with Gasteiger partial charge in [-0.2, -0.15) is 0 Å². The van der Waals surface area contributed by atoms with Crippen molar-refractivity contribution in [2.45, 2.75) is 25.3 Å². The fraction of sp³-hybridized carbons (Fsp3) is 0.429. The molecule has 1 amide bonds. The normalized spacial score (nSPS) is 15.7. The third-order valence-electron chi connectivity index (χ3n) is 3.13. The number of hydrogen-bond donors (Lipinski definition) is 1. The summed E-state index contributed by atoms with van der Waals surface area (Å²) in [7, 11) is 1.31. The minimum atomic E-state index is -0.682. The summed E-state index contributed by atoms with van der Waals surface area (Å²) >= 11 is 6.06. The fourth-order valence-electron chi connectivity index (χ4n) is 1.85. The number of carbonyl (C=O) groups excluding carboxylic acids is 2. The molecule has 0 heterocycles. The van der Waals surface area contributed by atoms with Crippen LogP contribution in [0.3, 0.4) is 0 Å². The van der Waals surface area contributed by atoms with E-state index in [0.717, 1.165) is 18.4 Å². The van der Waals surface area contributed by atoms with Gasteiger partial charge in [0.15, 0.2) is 0 Å². The van der Waals surface area contributed by atoms with Gasteiger partial charge in [0.1, 0.15) is 6.04 Å². The van der Waals surface area contributed by atoms with Crippen molar-refractivity contribution in [1.82, 2.24) is 5.32 Å². The molecular weight excluding hydrogens is 266 g/mol. The molecule has 102 valence electrons. The average Bonchev–Trinajstić information content (AvgIpc) is 3.23. The van der Waals surface area contributed by atoms with E-state index in [1.54, 1.807) is 6.07 Å². The van der Waals surface area contributed by atoms with Gasteiger partial charge in [0.25, 0.3) is 0 Å². The number of hydrogen-bond acceptors (Lipinski definition) is 3. The van der Waals surface area contributed by atoms with Gasteiger partial charge >= 0.3 is 5.97 Å². The average molecular weight is 282 g/mol. The van der Waals surface area contributed by atoms with Crippen molar-refractivity contribution >= 4 is 23.5 Å². The van der Waals surface area contributed by atoms with Crippen LogP contribution in [0, 0.1) is 5.92 Å². The lowest BCUT2D eigenvalue weighted by Gasteiger charge is -2.17. The second-order valence-electron chi connectivity index (χ2n) is 4.65. The molecule has 0 spiro atoms. The summed E-state index contributed by atoms with van der Waals surface area (Å²) in [6.45, 7) is 0. The number of nitrogens with one attached hydrogen (secondary N) is 1. The van der Waals surface area contributed by atoms with Crippen LogP contribution in [0.2, 0.25) is 5.02 Å². The molecule has 1 N–H and O–H groups in total. The van der Waals surface area contributed by atoms with E-state index >= 15 is 0 Å². The second kappa shape index (κ2) is 6.06. The minimum absolute atomic E-state index is 0.0541. The van der Waals surface area contributed by atoms with Gasteiger partial charge in [0.2, 0.25) is 5.91 Å². The summed E-state index contributed by atoms with van der Waals surface area (Å²) in [5, 5.41) is 3.31. The predicted octanol–water partition coefficient (Wildman–Crippen LogP) is 1.95. The third-order valence-corrected chi connectivity index (χ3v) is 3.50. The predicted molar refractivity (Wildman–Crippen MR) is 71.8 cm³/mol. The van der Waals surface area contributed by atoms with Crippen molar-refractivity contribution < 1.29 is 14.3 Å². The van der Waals surface area contributed by atoms with E-state index in [2.05, 4.69) is 5.32 Å². The zero-order valence-electron chi connectivity index (χ0n) is 10.7. The molecule has 2 rings (SSSR count). The largest absolute Gasteiger partial charge is 0.467 e. The van der Waals surface area contributed by atoms with Gasteiger partial charge < -0.3 is 10.1 Å². The van der Waals surface area contributed by atoms with E-state index in [4.69, 9.17) is 16.3 Å². The van der Waals surface area contributed by atoms with Crippen molar-refractivity contribution in [3.05, 3.63) is 34.9 Å². The molecule has 0 radical (unpaired) electrons. The Morgan fingerprint density at radius 2 is 2.11 bits per heavy atom. The van der Waals surface area contributed by atoms with Crippen molar-refractivity contribution in [3.8, 4) is 0 Å². The van der Waals surface area contributed by atoms with Gasteiger partial charge in [-0.1, -0.05) is 29.8 Å². The Hall–Kier alpha value is -1.55. The van der Waals surface area contributed by atoms with Crippen LogP contribution >= 0.6 is 11.6 Å². The van der Waals surface area contributed by atoms with Crippen LogP contribution in [-0.4, -0.2) is 25.0 Å². The molecule has 0 aliphatic heterocycles. The van der Waals surface area contributed by atoms with Gasteiger partial charge in [-0.15, -0.1) is 0 Å². The van der Waals surface area contributed by atoms with Gasteiger partial charge in [0.05, 0.1) is 7.11 Å². The Labute approximate surface area is 117 Å². The smallest absolute Gasteiger partial charge is 0.328 e. The molecule has 1 aromatic carbocycles. The van der Waals surface area contributed by atoms with Crippen LogP contribution in [0.5, 0.6) is 0 Å². The number of rotatable bonds is 5. The highest BCUT2D eigenvalue weighted by Gasteiger charge is 2.33. The Balaban J connectivity index is 2.07. The van der Waals surface area contributed by atoms with Crippen LogP contribution in [0.4, 0.5) is 0 Å². The highest BCUT2D eigenvalue weighted by atomic mass is 35.5.